The van der Waals surface area contributed by atoms with Gasteiger partial charge in [0.25, 0.3) is 0 Å². The Bertz CT molecular complexity index is 620. The maximum atomic E-state index is 11.2. The summed E-state index contributed by atoms with van der Waals surface area (Å²) < 4.78 is 0. The molecule has 20 heavy (non-hydrogen) atoms. The molecule has 0 spiro atoms. The van der Waals surface area contributed by atoms with E-state index in [2.05, 4.69) is 18.3 Å². The second-order valence-corrected chi connectivity index (χ2v) is 4.72. The van der Waals surface area contributed by atoms with Crippen LogP contribution in [-0.4, -0.2) is 11.0 Å². The van der Waals surface area contributed by atoms with Gasteiger partial charge >= 0.3 is 0 Å². The number of aliphatic hydroxyl groups is 1. The van der Waals surface area contributed by atoms with E-state index in [1.807, 2.05) is 36.4 Å². The summed E-state index contributed by atoms with van der Waals surface area (Å²) in [5.41, 5.74) is 4.93. The quantitative estimate of drug-likeness (QED) is 0.894. The number of nitrogens with one attached hydrogen (secondary N) is 1. The molecule has 1 amide bonds. The molecule has 3 nitrogen and oxygen atoms in total. The fraction of sp³-hybridized carbons (Fsp3) is 0.235. The van der Waals surface area contributed by atoms with Gasteiger partial charge in [0.1, 0.15) is 0 Å². The summed E-state index contributed by atoms with van der Waals surface area (Å²) in [5.74, 6) is -0.0665. The molecule has 0 aliphatic rings. The molecule has 0 heterocycles. The van der Waals surface area contributed by atoms with Crippen LogP contribution in [0.2, 0.25) is 0 Å². The molecule has 3 heteroatoms. The van der Waals surface area contributed by atoms with Gasteiger partial charge in [-0.15, -0.1) is 0 Å². The molecule has 0 atom stereocenters. The van der Waals surface area contributed by atoms with E-state index in [-0.39, 0.29) is 12.5 Å². The van der Waals surface area contributed by atoms with Crippen LogP contribution in [0.15, 0.2) is 42.5 Å². The highest BCUT2D eigenvalue weighted by Gasteiger charge is 2.08. The lowest BCUT2D eigenvalue weighted by atomic mass is 9.97. The monoisotopic (exact) mass is 269 g/mol. The van der Waals surface area contributed by atoms with Gasteiger partial charge in [-0.1, -0.05) is 37.3 Å². The molecule has 0 bridgehead atoms. The van der Waals surface area contributed by atoms with Crippen LogP contribution in [0.3, 0.4) is 0 Å². The van der Waals surface area contributed by atoms with E-state index < -0.39 is 0 Å². The third-order valence-corrected chi connectivity index (χ3v) is 3.30. The summed E-state index contributed by atoms with van der Waals surface area (Å²) in [4.78, 5) is 11.2. The van der Waals surface area contributed by atoms with Crippen molar-refractivity contribution in [1.29, 1.82) is 0 Å². The summed E-state index contributed by atoms with van der Waals surface area (Å²) >= 11 is 0. The molecule has 0 aliphatic heterocycles. The summed E-state index contributed by atoms with van der Waals surface area (Å²) in [6.45, 7) is 3.59. The van der Waals surface area contributed by atoms with Gasteiger partial charge in [0.05, 0.1) is 6.61 Å². The van der Waals surface area contributed by atoms with Gasteiger partial charge < -0.3 is 10.4 Å². The fourth-order valence-corrected chi connectivity index (χ4v) is 2.31. The summed E-state index contributed by atoms with van der Waals surface area (Å²) in [7, 11) is 0. The lowest BCUT2D eigenvalue weighted by Gasteiger charge is -2.13. The first kappa shape index (κ1) is 14.3. The maximum Gasteiger partial charge on any atom is 0.221 e. The summed E-state index contributed by atoms with van der Waals surface area (Å²) in [6, 6.07) is 13.8. The Kier molecular flexibility index (Phi) is 4.53. The predicted octanol–water partition coefficient (Wildman–Crippen LogP) is 3.37. The van der Waals surface area contributed by atoms with E-state index in [0.29, 0.717) is 0 Å². The zero-order valence-electron chi connectivity index (χ0n) is 11.8. The maximum absolute atomic E-state index is 11.2. The Balaban J connectivity index is 2.46. The lowest BCUT2D eigenvalue weighted by molar-refractivity contribution is -0.114. The standard InChI is InChI=1S/C17H19NO2/c1-3-13-10-14(8-9-17(13)18-12(2)20)16-7-5-4-6-15(16)11-19/h4-10,19H,3,11H2,1-2H3,(H,18,20). The zero-order chi connectivity index (χ0) is 14.5. The van der Waals surface area contributed by atoms with Gasteiger partial charge in [0, 0.05) is 12.6 Å². The molecule has 0 saturated carbocycles. The van der Waals surface area contributed by atoms with Gasteiger partial charge in [-0.05, 0) is 40.8 Å². The number of rotatable bonds is 4. The fourth-order valence-electron chi connectivity index (χ4n) is 2.31. The SMILES string of the molecule is CCc1cc(-c2ccccc2CO)ccc1NC(C)=O. The molecule has 2 aromatic rings. The van der Waals surface area contributed by atoms with Crippen molar-refractivity contribution in [3.8, 4) is 11.1 Å². The number of benzene rings is 2. The molecule has 2 rings (SSSR count). The highest BCUT2D eigenvalue weighted by atomic mass is 16.3. The molecule has 0 saturated heterocycles. The van der Waals surface area contributed by atoms with E-state index in [1.165, 1.54) is 6.92 Å². The van der Waals surface area contributed by atoms with Crippen LogP contribution < -0.4 is 5.32 Å². The molecule has 0 radical (unpaired) electrons. The van der Waals surface area contributed by atoms with Crippen LogP contribution in [0.5, 0.6) is 0 Å². The summed E-state index contributed by atoms with van der Waals surface area (Å²) in [6.07, 6.45) is 0.838. The number of aliphatic hydroxyl groups excluding tert-OH is 1. The molecule has 0 fully saturated rings. The molecule has 0 unspecified atom stereocenters. The van der Waals surface area contributed by atoms with E-state index in [4.69, 9.17) is 0 Å². The lowest BCUT2D eigenvalue weighted by Crippen LogP contribution is -2.08. The minimum atomic E-state index is -0.0665. The molecule has 2 aromatic carbocycles. The van der Waals surface area contributed by atoms with Crippen LogP contribution in [0, 0.1) is 0 Å². The molecule has 0 aromatic heterocycles. The summed E-state index contributed by atoms with van der Waals surface area (Å²) in [5, 5.41) is 12.3. The Hall–Kier alpha value is -2.13. The third-order valence-electron chi connectivity index (χ3n) is 3.30. The number of anilines is 1. The minimum Gasteiger partial charge on any atom is -0.392 e. The van der Waals surface area contributed by atoms with Gasteiger partial charge in [0.2, 0.25) is 5.91 Å². The van der Waals surface area contributed by atoms with Gasteiger partial charge in [-0.3, -0.25) is 4.79 Å². The van der Waals surface area contributed by atoms with Gasteiger partial charge in [0.15, 0.2) is 0 Å². The van der Waals surface area contributed by atoms with Crippen LogP contribution >= 0.6 is 0 Å². The first-order chi connectivity index (χ1) is 9.65. The van der Waals surface area contributed by atoms with E-state index in [9.17, 15) is 9.90 Å². The molecule has 104 valence electrons. The Labute approximate surface area is 119 Å². The van der Waals surface area contributed by atoms with Crippen molar-refractivity contribution >= 4 is 11.6 Å². The second kappa shape index (κ2) is 6.35. The number of carbonyl (C=O) groups excluding carboxylic acids is 1. The van der Waals surface area contributed by atoms with E-state index >= 15 is 0 Å². The molecule has 0 aliphatic carbocycles. The van der Waals surface area contributed by atoms with Gasteiger partial charge in [-0.25, -0.2) is 0 Å². The highest BCUT2D eigenvalue weighted by molar-refractivity contribution is 5.90. The van der Waals surface area contributed by atoms with Crippen LogP contribution in [0.25, 0.3) is 11.1 Å². The normalized spacial score (nSPS) is 10.3. The highest BCUT2D eigenvalue weighted by Crippen LogP contribution is 2.28. The van der Waals surface area contributed by atoms with Crippen molar-refractivity contribution in [2.45, 2.75) is 26.9 Å². The van der Waals surface area contributed by atoms with Crippen molar-refractivity contribution in [2.24, 2.45) is 0 Å². The largest absolute Gasteiger partial charge is 0.392 e. The third kappa shape index (κ3) is 3.06. The van der Waals surface area contributed by atoms with Crippen molar-refractivity contribution in [2.75, 3.05) is 5.32 Å². The Morgan fingerprint density at radius 1 is 1.15 bits per heavy atom. The van der Waals surface area contributed by atoms with Crippen molar-refractivity contribution in [3.63, 3.8) is 0 Å². The van der Waals surface area contributed by atoms with E-state index in [0.717, 1.165) is 34.4 Å². The number of hydrogen-bond donors (Lipinski definition) is 2. The first-order valence-corrected chi connectivity index (χ1v) is 6.75. The number of amides is 1. The number of carbonyl (C=O) groups is 1. The predicted molar refractivity (Wildman–Crippen MR) is 81.5 cm³/mol. The van der Waals surface area contributed by atoms with Crippen molar-refractivity contribution in [3.05, 3.63) is 53.6 Å². The molecular weight excluding hydrogens is 250 g/mol. The number of aryl methyl sites for hydroxylation is 1. The first-order valence-electron chi connectivity index (χ1n) is 6.75. The van der Waals surface area contributed by atoms with Crippen LogP contribution in [0.4, 0.5) is 5.69 Å². The zero-order valence-corrected chi connectivity index (χ0v) is 11.8. The average molecular weight is 269 g/mol. The van der Waals surface area contributed by atoms with Crippen LogP contribution in [0.1, 0.15) is 25.0 Å². The minimum absolute atomic E-state index is 0.0189. The molecular formula is C17H19NO2. The number of hydrogen-bond acceptors (Lipinski definition) is 2. The van der Waals surface area contributed by atoms with Crippen molar-refractivity contribution < 1.29 is 9.90 Å². The van der Waals surface area contributed by atoms with Gasteiger partial charge in [-0.2, -0.15) is 0 Å². The second-order valence-electron chi connectivity index (χ2n) is 4.72. The smallest absolute Gasteiger partial charge is 0.221 e. The Morgan fingerprint density at radius 2 is 1.90 bits per heavy atom. The average Bonchev–Trinajstić information content (AvgIpc) is 2.47. The topological polar surface area (TPSA) is 49.3 Å². The Morgan fingerprint density at radius 3 is 2.55 bits per heavy atom. The van der Waals surface area contributed by atoms with Crippen LogP contribution in [-0.2, 0) is 17.8 Å². The van der Waals surface area contributed by atoms with E-state index in [1.54, 1.807) is 0 Å². The molecule has 2 N–H and O–H groups in total. The van der Waals surface area contributed by atoms with Crippen molar-refractivity contribution in [1.82, 2.24) is 0 Å².